The van der Waals surface area contributed by atoms with E-state index in [4.69, 9.17) is 13.9 Å². The fourth-order valence-corrected chi connectivity index (χ4v) is 4.69. The number of para-hydroxylation sites is 2. The molecule has 1 saturated heterocycles. The highest BCUT2D eigenvalue weighted by Crippen LogP contribution is 2.42. The van der Waals surface area contributed by atoms with E-state index < -0.39 is 0 Å². The summed E-state index contributed by atoms with van der Waals surface area (Å²) in [5.41, 5.74) is 1.46. The van der Waals surface area contributed by atoms with E-state index in [1.54, 1.807) is 11.7 Å². The lowest BCUT2D eigenvalue weighted by atomic mass is 9.79. The van der Waals surface area contributed by atoms with Crippen molar-refractivity contribution >= 4 is 11.1 Å². The maximum Gasteiger partial charge on any atom is 0.419 e. The highest BCUT2D eigenvalue weighted by molar-refractivity contribution is 5.72. The Morgan fingerprint density at radius 1 is 1.24 bits per heavy atom. The van der Waals surface area contributed by atoms with E-state index in [1.165, 1.54) is 0 Å². The fraction of sp³-hybridized carbons (Fsp3) is 0.632. The Balaban J connectivity index is 1.52. The molecule has 0 spiro atoms. The Hall–Kier alpha value is -1.63. The van der Waals surface area contributed by atoms with Gasteiger partial charge in [-0.05, 0) is 37.8 Å². The third-order valence-electron chi connectivity index (χ3n) is 6.17. The normalized spacial score (nSPS) is 30.0. The van der Waals surface area contributed by atoms with E-state index in [0.717, 1.165) is 44.3 Å². The van der Waals surface area contributed by atoms with E-state index in [2.05, 4.69) is 4.90 Å². The number of nitrogens with zero attached hydrogens (tertiary/aromatic N) is 2. The number of hydrogen-bond donors (Lipinski definition) is 0. The molecule has 0 N–H and O–H groups in total. The van der Waals surface area contributed by atoms with Gasteiger partial charge in [0.25, 0.3) is 0 Å². The second kappa shape index (κ2) is 6.59. The average molecular weight is 346 g/mol. The van der Waals surface area contributed by atoms with Crippen LogP contribution >= 0.6 is 0 Å². The zero-order chi connectivity index (χ0) is 17.4. The van der Waals surface area contributed by atoms with Crippen LogP contribution in [0.15, 0.2) is 33.5 Å². The first-order chi connectivity index (χ1) is 12.2. The minimum atomic E-state index is -0.281. The third-order valence-corrected chi connectivity index (χ3v) is 6.17. The summed E-state index contributed by atoms with van der Waals surface area (Å²) >= 11 is 0. The number of likely N-dealkylation sites (tertiary alicyclic amines) is 1. The van der Waals surface area contributed by atoms with Crippen LogP contribution in [-0.2, 0) is 16.0 Å². The maximum atomic E-state index is 12.2. The van der Waals surface area contributed by atoms with Crippen LogP contribution in [0.4, 0.5) is 0 Å². The molecular formula is C19H26N2O4. The minimum absolute atomic E-state index is 0.0571. The summed E-state index contributed by atoms with van der Waals surface area (Å²) in [7, 11) is 3.62. The van der Waals surface area contributed by atoms with Gasteiger partial charge in [-0.2, -0.15) is 0 Å². The van der Waals surface area contributed by atoms with Gasteiger partial charge in [-0.3, -0.25) is 9.47 Å². The van der Waals surface area contributed by atoms with Crippen molar-refractivity contribution in [2.24, 2.45) is 0 Å². The number of fused-ring (bicyclic) bond motifs is 2. The van der Waals surface area contributed by atoms with E-state index in [-0.39, 0.29) is 11.4 Å². The van der Waals surface area contributed by atoms with Crippen LogP contribution in [0.3, 0.4) is 0 Å². The molecule has 0 radical (unpaired) electrons. The maximum absolute atomic E-state index is 12.2. The molecule has 4 rings (SSSR count). The minimum Gasteiger partial charge on any atom is -0.408 e. The summed E-state index contributed by atoms with van der Waals surface area (Å²) in [6.45, 7) is 2.44. The Morgan fingerprint density at radius 2 is 2.08 bits per heavy atom. The van der Waals surface area contributed by atoms with Crippen molar-refractivity contribution in [1.82, 2.24) is 9.47 Å². The van der Waals surface area contributed by atoms with Crippen LogP contribution in [0.2, 0.25) is 0 Å². The van der Waals surface area contributed by atoms with Crippen molar-refractivity contribution in [1.29, 1.82) is 0 Å². The molecule has 2 heterocycles. The molecule has 2 aliphatic rings. The van der Waals surface area contributed by atoms with E-state index in [9.17, 15) is 4.79 Å². The quantitative estimate of drug-likeness (QED) is 0.831. The molecular weight excluding hydrogens is 320 g/mol. The van der Waals surface area contributed by atoms with Gasteiger partial charge in [-0.15, -0.1) is 0 Å². The molecule has 0 amide bonds. The summed E-state index contributed by atoms with van der Waals surface area (Å²) < 4.78 is 18.7. The standard InChI is InChI=1S/C19H26N2O4/c1-23-14-7-8-19(24-2)9-10-20(17(19)13-14)11-12-21-15-5-3-4-6-16(15)25-18(21)22/h3-6,14,17H,7-13H2,1-2H3/t14-,17+,19-/m1/s1. The van der Waals surface area contributed by atoms with E-state index in [0.29, 0.717) is 24.3 Å². The van der Waals surface area contributed by atoms with E-state index in [1.807, 2.05) is 31.4 Å². The summed E-state index contributed by atoms with van der Waals surface area (Å²) in [6.07, 6.45) is 4.43. The topological polar surface area (TPSA) is 56.8 Å². The Labute approximate surface area is 147 Å². The number of hydrogen-bond acceptors (Lipinski definition) is 5. The monoisotopic (exact) mass is 346 g/mol. The SMILES string of the molecule is CO[C@@H]1CC[C@@]2(OC)CCN(CCn3c(=O)oc4ccccc43)[C@H]2C1. The lowest BCUT2D eigenvalue weighted by Gasteiger charge is -2.43. The molecule has 0 unspecified atom stereocenters. The summed E-state index contributed by atoms with van der Waals surface area (Å²) in [4.78, 5) is 14.6. The molecule has 6 heteroatoms. The fourth-order valence-electron chi connectivity index (χ4n) is 4.69. The van der Waals surface area contributed by atoms with Gasteiger partial charge in [0.15, 0.2) is 5.58 Å². The lowest BCUT2D eigenvalue weighted by Crippen LogP contribution is -2.52. The van der Waals surface area contributed by atoms with Crippen molar-refractivity contribution in [3.05, 3.63) is 34.8 Å². The van der Waals surface area contributed by atoms with Crippen LogP contribution in [0, 0.1) is 0 Å². The smallest absolute Gasteiger partial charge is 0.408 e. The van der Waals surface area contributed by atoms with Gasteiger partial charge in [-0.1, -0.05) is 12.1 Å². The van der Waals surface area contributed by atoms with Gasteiger partial charge in [0.05, 0.1) is 17.2 Å². The predicted molar refractivity (Wildman–Crippen MR) is 94.8 cm³/mol. The number of methoxy groups -OCH3 is 2. The van der Waals surface area contributed by atoms with Crippen molar-refractivity contribution in [3.63, 3.8) is 0 Å². The zero-order valence-electron chi connectivity index (χ0n) is 14.9. The predicted octanol–water partition coefficient (Wildman–Crippen LogP) is 2.25. The number of ether oxygens (including phenoxy) is 2. The van der Waals surface area contributed by atoms with Crippen molar-refractivity contribution in [2.75, 3.05) is 27.3 Å². The van der Waals surface area contributed by atoms with Gasteiger partial charge in [-0.25, -0.2) is 4.79 Å². The second-order valence-corrected chi connectivity index (χ2v) is 7.19. The van der Waals surface area contributed by atoms with Gasteiger partial charge in [0.1, 0.15) is 0 Å². The molecule has 0 bridgehead atoms. The van der Waals surface area contributed by atoms with Crippen LogP contribution in [0.1, 0.15) is 25.7 Å². The summed E-state index contributed by atoms with van der Waals surface area (Å²) in [6, 6.07) is 7.94. The number of oxazole rings is 1. The van der Waals surface area contributed by atoms with Gasteiger partial charge in [0.2, 0.25) is 0 Å². The molecule has 2 fully saturated rings. The second-order valence-electron chi connectivity index (χ2n) is 7.19. The van der Waals surface area contributed by atoms with Crippen molar-refractivity contribution in [2.45, 2.75) is 50.0 Å². The largest absolute Gasteiger partial charge is 0.419 e. The summed E-state index contributed by atoms with van der Waals surface area (Å²) in [5.74, 6) is -0.281. The highest BCUT2D eigenvalue weighted by atomic mass is 16.5. The number of rotatable bonds is 5. The molecule has 1 aromatic heterocycles. The molecule has 1 aliphatic heterocycles. The summed E-state index contributed by atoms with van der Waals surface area (Å²) in [5, 5.41) is 0. The first-order valence-corrected chi connectivity index (χ1v) is 9.07. The van der Waals surface area contributed by atoms with E-state index >= 15 is 0 Å². The lowest BCUT2D eigenvalue weighted by molar-refractivity contribution is -0.0939. The van der Waals surface area contributed by atoms with Crippen LogP contribution in [0.5, 0.6) is 0 Å². The van der Waals surface area contributed by atoms with Gasteiger partial charge < -0.3 is 13.9 Å². The van der Waals surface area contributed by atoms with Crippen molar-refractivity contribution < 1.29 is 13.9 Å². The van der Waals surface area contributed by atoms with Crippen molar-refractivity contribution in [3.8, 4) is 0 Å². The van der Waals surface area contributed by atoms with Gasteiger partial charge >= 0.3 is 5.76 Å². The van der Waals surface area contributed by atoms with Crippen LogP contribution < -0.4 is 5.76 Å². The molecule has 136 valence electrons. The molecule has 25 heavy (non-hydrogen) atoms. The zero-order valence-corrected chi connectivity index (χ0v) is 14.9. The Morgan fingerprint density at radius 3 is 2.88 bits per heavy atom. The molecule has 2 aromatic rings. The Bertz CT molecular complexity index is 798. The highest BCUT2D eigenvalue weighted by Gasteiger charge is 2.50. The average Bonchev–Trinajstić information content (AvgIpc) is 3.17. The first kappa shape index (κ1) is 16.8. The molecule has 1 aromatic carbocycles. The molecule has 1 aliphatic carbocycles. The first-order valence-electron chi connectivity index (χ1n) is 9.07. The molecule has 6 nitrogen and oxygen atoms in total. The molecule has 3 atom stereocenters. The third kappa shape index (κ3) is 2.82. The van der Waals surface area contributed by atoms with Gasteiger partial charge in [0, 0.05) is 39.9 Å². The number of aromatic nitrogens is 1. The van der Waals surface area contributed by atoms with Crippen LogP contribution in [0.25, 0.3) is 11.1 Å². The van der Waals surface area contributed by atoms with Crippen LogP contribution in [-0.4, -0.2) is 54.5 Å². The molecule has 1 saturated carbocycles. The number of benzene rings is 1. The Kier molecular flexibility index (Phi) is 4.43.